The van der Waals surface area contributed by atoms with Crippen LogP contribution in [0.4, 0.5) is 0 Å². The summed E-state index contributed by atoms with van der Waals surface area (Å²) >= 11 is 5.89. The molecular weight excluding hydrogens is 338 g/mol. The highest BCUT2D eigenvalue weighted by Gasteiger charge is 2.06. The number of nitrogens with one attached hydrogen (secondary N) is 1. The number of halogens is 1. The van der Waals surface area contributed by atoms with E-state index in [1.807, 2.05) is 49.0 Å². The fourth-order valence-corrected chi connectivity index (χ4v) is 2.83. The Labute approximate surface area is 150 Å². The lowest BCUT2D eigenvalue weighted by atomic mass is 10.2. The second kappa shape index (κ2) is 7.40. The molecule has 3 rings (SSSR count). The fourth-order valence-electron chi connectivity index (χ4n) is 2.60. The normalized spacial score (nSPS) is 11.2. The van der Waals surface area contributed by atoms with Gasteiger partial charge in [-0.15, -0.1) is 0 Å². The van der Waals surface area contributed by atoms with Gasteiger partial charge < -0.3 is 9.30 Å². The molecule has 0 saturated carbocycles. The monoisotopic (exact) mass is 355 g/mol. The number of amides is 1. The third kappa shape index (κ3) is 4.00. The predicted molar refractivity (Wildman–Crippen MR) is 100 cm³/mol. The lowest BCUT2D eigenvalue weighted by Gasteiger charge is -2.08. The Hall–Kier alpha value is -2.79. The molecule has 0 spiro atoms. The Morgan fingerprint density at radius 2 is 2.12 bits per heavy atom. The third-order valence-corrected chi connectivity index (χ3v) is 4.05. The third-order valence-electron chi connectivity index (χ3n) is 3.82. The minimum atomic E-state index is -0.328. The first kappa shape index (κ1) is 17.0. The zero-order chi connectivity index (χ0) is 17.8. The van der Waals surface area contributed by atoms with Gasteiger partial charge in [0.1, 0.15) is 5.75 Å². The molecule has 0 aliphatic carbocycles. The van der Waals surface area contributed by atoms with Crippen molar-refractivity contribution < 1.29 is 9.53 Å². The Bertz CT molecular complexity index is 947. The zero-order valence-corrected chi connectivity index (χ0v) is 14.7. The average Bonchev–Trinajstić information content (AvgIpc) is 2.91. The van der Waals surface area contributed by atoms with Crippen LogP contribution < -0.4 is 10.2 Å². The first-order valence-electron chi connectivity index (χ1n) is 7.79. The summed E-state index contributed by atoms with van der Waals surface area (Å²) in [5, 5.41) is 5.73. The Balaban J connectivity index is 1.59. The number of carbonyl (C=O) groups excluding carboxylic acids is 1. The predicted octanol–water partition coefficient (Wildman–Crippen LogP) is 3.67. The highest BCUT2D eigenvalue weighted by atomic mass is 35.5. The number of ether oxygens (including phenoxy) is 1. The van der Waals surface area contributed by atoms with E-state index in [4.69, 9.17) is 16.3 Å². The number of hydrogen-bond acceptors (Lipinski definition) is 3. The average molecular weight is 356 g/mol. The van der Waals surface area contributed by atoms with Crippen molar-refractivity contribution in [1.29, 1.82) is 0 Å². The molecule has 0 fully saturated rings. The molecule has 1 heterocycles. The smallest absolute Gasteiger partial charge is 0.277 e. The van der Waals surface area contributed by atoms with Crippen LogP contribution in [0.25, 0.3) is 10.9 Å². The molecule has 1 aromatic heterocycles. The summed E-state index contributed by atoms with van der Waals surface area (Å²) in [6.07, 6.45) is 3.60. The number of hydrazone groups is 1. The highest BCUT2D eigenvalue weighted by molar-refractivity contribution is 6.30. The number of aromatic nitrogens is 1. The molecule has 5 nitrogen and oxygen atoms in total. The molecule has 128 valence electrons. The van der Waals surface area contributed by atoms with Crippen molar-refractivity contribution in [2.45, 2.75) is 6.92 Å². The van der Waals surface area contributed by atoms with Crippen LogP contribution >= 0.6 is 11.6 Å². The summed E-state index contributed by atoms with van der Waals surface area (Å²) in [5.41, 5.74) is 5.40. The van der Waals surface area contributed by atoms with Gasteiger partial charge in [0.25, 0.3) is 5.91 Å². The van der Waals surface area contributed by atoms with Gasteiger partial charge >= 0.3 is 0 Å². The summed E-state index contributed by atoms with van der Waals surface area (Å²) in [7, 11) is 1.97. The number of fused-ring (bicyclic) bond motifs is 1. The number of benzene rings is 2. The van der Waals surface area contributed by atoms with Crippen molar-refractivity contribution in [3.63, 3.8) is 0 Å². The molecule has 1 amide bonds. The van der Waals surface area contributed by atoms with E-state index in [9.17, 15) is 4.79 Å². The van der Waals surface area contributed by atoms with Gasteiger partial charge in [0.2, 0.25) is 0 Å². The quantitative estimate of drug-likeness (QED) is 0.561. The highest BCUT2D eigenvalue weighted by Crippen LogP contribution is 2.21. The minimum absolute atomic E-state index is 0.116. The largest absolute Gasteiger partial charge is 0.483 e. The van der Waals surface area contributed by atoms with Crippen LogP contribution in [-0.2, 0) is 11.8 Å². The van der Waals surface area contributed by atoms with Crippen LogP contribution in [0.5, 0.6) is 5.75 Å². The van der Waals surface area contributed by atoms with Crippen LogP contribution in [0.15, 0.2) is 53.8 Å². The van der Waals surface area contributed by atoms with E-state index in [0.717, 1.165) is 22.0 Å². The molecule has 0 unspecified atom stereocenters. The molecule has 0 atom stereocenters. The summed E-state index contributed by atoms with van der Waals surface area (Å²) in [6.45, 7) is 1.76. The molecule has 0 aliphatic heterocycles. The summed E-state index contributed by atoms with van der Waals surface area (Å²) in [4.78, 5) is 11.9. The van der Waals surface area contributed by atoms with Crippen molar-refractivity contribution >= 4 is 34.6 Å². The second-order valence-electron chi connectivity index (χ2n) is 5.70. The van der Waals surface area contributed by atoms with Crippen molar-refractivity contribution in [3.05, 3.63) is 64.8 Å². The maximum atomic E-state index is 11.9. The van der Waals surface area contributed by atoms with E-state index < -0.39 is 0 Å². The molecule has 0 saturated heterocycles. The lowest BCUT2D eigenvalue weighted by molar-refractivity contribution is -0.123. The van der Waals surface area contributed by atoms with E-state index in [0.29, 0.717) is 10.8 Å². The van der Waals surface area contributed by atoms with E-state index in [1.54, 1.807) is 24.4 Å². The molecule has 1 N–H and O–H groups in total. The van der Waals surface area contributed by atoms with Gasteiger partial charge in [0, 0.05) is 34.7 Å². The Kier molecular flexibility index (Phi) is 5.05. The molecule has 0 aliphatic rings. The fraction of sp³-hybridized carbons (Fsp3) is 0.158. The van der Waals surface area contributed by atoms with Gasteiger partial charge in [-0.3, -0.25) is 4.79 Å². The van der Waals surface area contributed by atoms with Crippen molar-refractivity contribution in [1.82, 2.24) is 9.99 Å². The summed E-state index contributed by atoms with van der Waals surface area (Å²) < 4.78 is 7.50. The maximum Gasteiger partial charge on any atom is 0.277 e. The second-order valence-corrected chi connectivity index (χ2v) is 6.14. The Morgan fingerprint density at radius 1 is 1.32 bits per heavy atom. The van der Waals surface area contributed by atoms with Gasteiger partial charge in [-0.1, -0.05) is 29.8 Å². The SMILES string of the molecule is Cc1cc(Cl)ccc1OCC(=O)NN=Cc1cn(C)c2ccccc12. The molecular formula is C19H18ClN3O2. The Morgan fingerprint density at radius 3 is 2.92 bits per heavy atom. The van der Waals surface area contributed by atoms with E-state index >= 15 is 0 Å². The molecule has 0 radical (unpaired) electrons. The van der Waals surface area contributed by atoms with Crippen LogP contribution in [0, 0.1) is 6.92 Å². The number of para-hydroxylation sites is 1. The number of nitrogens with zero attached hydrogens (tertiary/aromatic N) is 2. The van der Waals surface area contributed by atoms with Crippen molar-refractivity contribution in [2.24, 2.45) is 12.1 Å². The molecule has 6 heteroatoms. The van der Waals surface area contributed by atoms with Crippen molar-refractivity contribution in [2.75, 3.05) is 6.61 Å². The van der Waals surface area contributed by atoms with Crippen LogP contribution in [-0.4, -0.2) is 23.3 Å². The van der Waals surface area contributed by atoms with Gasteiger partial charge in [-0.2, -0.15) is 5.10 Å². The lowest BCUT2D eigenvalue weighted by Crippen LogP contribution is -2.24. The van der Waals surface area contributed by atoms with Crippen LogP contribution in [0.1, 0.15) is 11.1 Å². The minimum Gasteiger partial charge on any atom is -0.483 e. The van der Waals surface area contributed by atoms with Gasteiger partial charge in [-0.05, 0) is 36.8 Å². The van der Waals surface area contributed by atoms with Gasteiger partial charge in [-0.25, -0.2) is 5.43 Å². The first-order valence-corrected chi connectivity index (χ1v) is 8.17. The maximum absolute atomic E-state index is 11.9. The number of rotatable bonds is 5. The van der Waals surface area contributed by atoms with Crippen LogP contribution in [0.2, 0.25) is 5.02 Å². The number of carbonyl (C=O) groups is 1. The molecule has 0 bridgehead atoms. The van der Waals surface area contributed by atoms with E-state index in [1.165, 1.54) is 0 Å². The van der Waals surface area contributed by atoms with Crippen LogP contribution in [0.3, 0.4) is 0 Å². The van der Waals surface area contributed by atoms with Gasteiger partial charge in [0.05, 0.1) is 6.21 Å². The topological polar surface area (TPSA) is 55.6 Å². The van der Waals surface area contributed by atoms with E-state index in [-0.39, 0.29) is 12.5 Å². The number of aryl methyl sites for hydroxylation is 2. The molecule has 25 heavy (non-hydrogen) atoms. The number of hydrogen-bond donors (Lipinski definition) is 1. The summed E-state index contributed by atoms with van der Waals surface area (Å²) in [6, 6.07) is 13.3. The zero-order valence-electron chi connectivity index (χ0n) is 14.0. The van der Waals surface area contributed by atoms with Gasteiger partial charge in [0.15, 0.2) is 6.61 Å². The van der Waals surface area contributed by atoms with Crippen molar-refractivity contribution in [3.8, 4) is 5.75 Å². The first-order chi connectivity index (χ1) is 12.0. The molecule has 3 aromatic rings. The summed E-state index contributed by atoms with van der Waals surface area (Å²) in [5.74, 6) is 0.295. The standard InChI is InChI=1S/C19H18ClN3O2/c1-13-9-15(20)7-8-18(13)25-12-19(24)22-21-10-14-11-23(2)17-6-4-3-5-16(14)17/h3-11H,12H2,1-2H3,(H,22,24). The van der Waals surface area contributed by atoms with E-state index in [2.05, 4.69) is 10.5 Å². The molecule has 2 aromatic carbocycles.